The van der Waals surface area contributed by atoms with Gasteiger partial charge in [0.1, 0.15) is 6.54 Å². The van der Waals surface area contributed by atoms with Crippen molar-refractivity contribution in [3.63, 3.8) is 0 Å². The number of halogens is 1. The first-order chi connectivity index (χ1) is 12.9. The first kappa shape index (κ1) is 19.3. The van der Waals surface area contributed by atoms with E-state index in [4.69, 9.17) is 16.3 Å². The number of para-hydroxylation sites is 1. The monoisotopic (exact) mass is 404 g/mol. The molecule has 0 fully saturated rings. The Bertz CT molecular complexity index is 903. The van der Waals surface area contributed by atoms with Crippen LogP contribution in [0.3, 0.4) is 0 Å². The number of esters is 1. The van der Waals surface area contributed by atoms with Gasteiger partial charge in [-0.2, -0.15) is 0 Å². The highest BCUT2D eigenvalue weighted by Crippen LogP contribution is 2.34. The molecule has 1 N–H and O–H groups in total. The van der Waals surface area contributed by atoms with Crippen LogP contribution in [-0.2, 0) is 19.1 Å². The molecular formula is C19H17ClN2O4S. The van der Waals surface area contributed by atoms with E-state index >= 15 is 0 Å². The zero-order chi connectivity index (χ0) is 19.4. The minimum Gasteiger partial charge on any atom is -0.454 e. The zero-order valence-corrected chi connectivity index (χ0v) is 16.1. The van der Waals surface area contributed by atoms with Crippen LogP contribution in [0.1, 0.15) is 5.56 Å². The third-order valence-corrected chi connectivity index (χ3v) is 5.22. The van der Waals surface area contributed by atoms with Gasteiger partial charge >= 0.3 is 5.97 Å². The number of rotatable bonds is 5. The number of anilines is 2. The lowest BCUT2D eigenvalue weighted by atomic mass is 10.2. The van der Waals surface area contributed by atoms with Crippen LogP contribution >= 0.6 is 23.4 Å². The average Bonchev–Trinajstić information content (AvgIpc) is 2.65. The fourth-order valence-electron chi connectivity index (χ4n) is 2.56. The number of thioether (sulfide) groups is 1. The molecule has 0 aliphatic carbocycles. The average molecular weight is 405 g/mol. The summed E-state index contributed by atoms with van der Waals surface area (Å²) in [4.78, 5) is 38.6. The van der Waals surface area contributed by atoms with Crippen molar-refractivity contribution in [2.24, 2.45) is 0 Å². The maximum atomic E-state index is 12.1. The minimum absolute atomic E-state index is 0.172. The molecular weight excluding hydrogens is 388 g/mol. The van der Waals surface area contributed by atoms with Gasteiger partial charge in [-0.25, -0.2) is 0 Å². The number of aryl methyl sites for hydroxylation is 1. The van der Waals surface area contributed by atoms with Crippen molar-refractivity contribution in [2.45, 2.75) is 11.8 Å². The Balaban J connectivity index is 1.56. The van der Waals surface area contributed by atoms with E-state index in [1.165, 1.54) is 16.7 Å². The van der Waals surface area contributed by atoms with Crippen molar-refractivity contribution in [2.75, 3.05) is 29.1 Å². The van der Waals surface area contributed by atoms with Gasteiger partial charge in [-0.15, -0.1) is 11.8 Å². The van der Waals surface area contributed by atoms with Crippen LogP contribution in [0.4, 0.5) is 11.4 Å². The van der Waals surface area contributed by atoms with E-state index in [-0.39, 0.29) is 18.2 Å². The molecule has 0 atom stereocenters. The maximum absolute atomic E-state index is 12.1. The van der Waals surface area contributed by atoms with E-state index in [2.05, 4.69) is 5.32 Å². The molecule has 0 unspecified atom stereocenters. The standard InChI is InChI=1S/C19H17ClN2O4S/c1-12-6-7-13(20)8-14(12)21-17(23)10-26-19(25)9-22-15-4-2-3-5-16(15)27-11-18(22)24/h2-8H,9-11H2,1H3,(H,21,23). The van der Waals surface area contributed by atoms with Crippen molar-refractivity contribution in [1.29, 1.82) is 0 Å². The summed E-state index contributed by atoms with van der Waals surface area (Å²) in [6.45, 7) is 1.15. The Morgan fingerprint density at radius 2 is 2.04 bits per heavy atom. The summed E-state index contributed by atoms with van der Waals surface area (Å²) in [7, 11) is 0. The third kappa shape index (κ3) is 4.81. The molecule has 140 valence electrons. The Morgan fingerprint density at radius 3 is 2.85 bits per heavy atom. The molecule has 0 saturated carbocycles. The number of carbonyl (C=O) groups is 3. The number of benzene rings is 2. The Morgan fingerprint density at radius 1 is 1.26 bits per heavy atom. The van der Waals surface area contributed by atoms with Gasteiger partial charge in [0.2, 0.25) is 5.91 Å². The van der Waals surface area contributed by atoms with Gasteiger partial charge in [0.15, 0.2) is 6.61 Å². The molecule has 3 rings (SSSR count). The highest BCUT2D eigenvalue weighted by molar-refractivity contribution is 8.00. The van der Waals surface area contributed by atoms with Crippen LogP contribution < -0.4 is 10.2 Å². The summed E-state index contributed by atoms with van der Waals surface area (Å²) >= 11 is 7.35. The molecule has 27 heavy (non-hydrogen) atoms. The van der Waals surface area contributed by atoms with Gasteiger partial charge in [-0.3, -0.25) is 19.3 Å². The van der Waals surface area contributed by atoms with Crippen LogP contribution in [0.25, 0.3) is 0 Å². The molecule has 0 radical (unpaired) electrons. The molecule has 0 saturated heterocycles. The molecule has 2 aromatic carbocycles. The third-order valence-electron chi connectivity index (χ3n) is 3.93. The predicted octanol–water partition coefficient (Wildman–Crippen LogP) is 3.27. The van der Waals surface area contributed by atoms with Gasteiger partial charge in [0.25, 0.3) is 5.91 Å². The van der Waals surface area contributed by atoms with Crippen LogP contribution in [0, 0.1) is 6.92 Å². The van der Waals surface area contributed by atoms with Gasteiger partial charge in [-0.05, 0) is 36.8 Å². The maximum Gasteiger partial charge on any atom is 0.326 e. The van der Waals surface area contributed by atoms with Crippen LogP contribution in [-0.4, -0.2) is 36.7 Å². The highest BCUT2D eigenvalue weighted by Gasteiger charge is 2.26. The molecule has 2 amide bonds. The number of fused-ring (bicyclic) bond motifs is 1. The van der Waals surface area contributed by atoms with Gasteiger partial charge in [0.05, 0.1) is 11.4 Å². The SMILES string of the molecule is Cc1ccc(Cl)cc1NC(=O)COC(=O)CN1C(=O)CSc2ccccc21. The Hall–Kier alpha value is -2.51. The number of nitrogens with one attached hydrogen (secondary N) is 1. The summed E-state index contributed by atoms with van der Waals surface area (Å²) < 4.78 is 5.03. The summed E-state index contributed by atoms with van der Waals surface area (Å²) in [6, 6.07) is 12.5. The van der Waals surface area contributed by atoms with Crippen LogP contribution in [0.15, 0.2) is 47.4 Å². The number of amides is 2. The number of ether oxygens (including phenoxy) is 1. The summed E-state index contributed by atoms with van der Waals surface area (Å²) in [5.41, 5.74) is 2.07. The molecule has 1 aliphatic rings. The van der Waals surface area contributed by atoms with E-state index < -0.39 is 18.5 Å². The minimum atomic E-state index is -0.650. The number of carbonyl (C=O) groups excluding carboxylic acids is 3. The Kier molecular flexibility index (Phi) is 6.03. The van der Waals surface area contributed by atoms with E-state index in [1.54, 1.807) is 30.3 Å². The number of hydrogen-bond donors (Lipinski definition) is 1. The molecule has 8 heteroatoms. The molecule has 0 bridgehead atoms. The zero-order valence-electron chi connectivity index (χ0n) is 14.5. The van der Waals surface area contributed by atoms with E-state index in [1.807, 2.05) is 19.1 Å². The smallest absolute Gasteiger partial charge is 0.326 e. The summed E-state index contributed by atoms with van der Waals surface area (Å²) in [5, 5.41) is 3.14. The van der Waals surface area contributed by atoms with E-state index in [0.29, 0.717) is 16.4 Å². The molecule has 0 spiro atoms. The van der Waals surface area contributed by atoms with E-state index in [0.717, 1.165) is 10.5 Å². The summed E-state index contributed by atoms with van der Waals surface area (Å²) in [5.74, 6) is -1.04. The first-order valence-electron chi connectivity index (χ1n) is 8.18. The van der Waals surface area contributed by atoms with Crippen LogP contribution in [0.2, 0.25) is 5.02 Å². The number of nitrogens with zero attached hydrogens (tertiary/aromatic N) is 1. The lowest BCUT2D eigenvalue weighted by Crippen LogP contribution is -2.40. The van der Waals surface area contributed by atoms with Gasteiger partial charge in [0, 0.05) is 15.6 Å². The normalized spacial score (nSPS) is 13.1. The van der Waals surface area contributed by atoms with Crippen LogP contribution in [0.5, 0.6) is 0 Å². The lowest BCUT2D eigenvalue weighted by Gasteiger charge is -2.27. The molecule has 1 aliphatic heterocycles. The van der Waals surface area contributed by atoms with Gasteiger partial charge < -0.3 is 10.1 Å². The fraction of sp³-hybridized carbons (Fsp3) is 0.211. The quantitative estimate of drug-likeness (QED) is 0.774. The Labute approximate surface area is 165 Å². The molecule has 6 nitrogen and oxygen atoms in total. The first-order valence-corrected chi connectivity index (χ1v) is 9.54. The lowest BCUT2D eigenvalue weighted by molar-refractivity contribution is -0.146. The van der Waals surface area contributed by atoms with E-state index in [9.17, 15) is 14.4 Å². The largest absolute Gasteiger partial charge is 0.454 e. The predicted molar refractivity (Wildman–Crippen MR) is 105 cm³/mol. The van der Waals surface area contributed by atoms with Crippen molar-refractivity contribution in [1.82, 2.24) is 0 Å². The van der Waals surface area contributed by atoms with Crippen molar-refractivity contribution >= 4 is 52.5 Å². The van der Waals surface area contributed by atoms with Crippen molar-refractivity contribution in [3.05, 3.63) is 53.1 Å². The molecule has 0 aromatic heterocycles. The highest BCUT2D eigenvalue weighted by atomic mass is 35.5. The van der Waals surface area contributed by atoms with Gasteiger partial charge in [-0.1, -0.05) is 29.8 Å². The molecule has 1 heterocycles. The summed E-state index contributed by atoms with van der Waals surface area (Å²) in [6.07, 6.45) is 0. The van der Waals surface area contributed by atoms with Crippen molar-refractivity contribution in [3.8, 4) is 0 Å². The second kappa shape index (κ2) is 8.45. The number of hydrogen-bond acceptors (Lipinski definition) is 5. The second-order valence-corrected chi connectivity index (χ2v) is 7.36. The van der Waals surface area contributed by atoms with Crippen molar-refractivity contribution < 1.29 is 19.1 Å². The molecule has 2 aromatic rings. The second-order valence-electron chi connectivity index (χ2n) is 5.90. The topological polar surface area (TPSA) is 75.7 Å². The fourth-order valence-corrected chi connectivity index (χ4v) is 3.67.